The Morgan fingerprint density at radius 2 is 1.89 bits per heavy atom. The number of nitrogens with zero attached hydrogens (tertiary/aromatic N) is 1. The molecule has 0 radical (unpaired) electrons. The molecule has 1 aliphatic rings. The summed E-state index contributed by atoms with van der Waals surface area (Å²) in [5.74, 6) is 1.60. The first-order valence-electron chi connectivity index (χ1n) is 9.62. The van der Waals surface area contributed by atoms with Crippen molar-refractivity contribution in [2.75, 3.05) is 20.2 Å². The van der Waals surface area contributed by atoms with Crippen LogP contribution in [0.4, 0.5) is 0 Å². The molecule has 3 aromatic rings. The highest BCUT2D eigenvalue weighted by molar-refractivity contribution is 5.85. The Labute approximate surface area is 160 Å². The van der Waals surface area contributed by atoms with Crippen molar-refractivity contribution < 1.29 is 9.53 Å². The summed E-state index contributed by atoms with van der Waals surface area (Å²) in [4.78, 5) is 18.0. The molecule has 0 bridgehead atoms. The molecule has 1 amide bonds. The zero-order valence-electron chi connectivity index (χ0n) is 16.0. The monoisotopic (exact) mass is 362 g/mol. The summed E-state index contributed by atoms with van der Waals surface area (Å²) in [7, 11) is 1.70. The van der Waals surface area contributed by atoms with Crippen LogP contribution in [0, 0.1) is 6.92 Å². The highest BCUT2D eigenvalue weighted by Gasteiger charge is 2.25. The van der Waals surface area contributed by atoms with E-state index in [4.69, 9.17) is 4.74 Å². The molecule has 4 nitrogen and oxygen atoms in total. The normalized spacial score (nSPS) is 15.3. The van der Waals surface area contributed by atoms with E-state index < -0.39 is 0 Å². The minimum absolute atomic E-state index is 0.234. The van der Waals surface area contributed by atoms with Gasteiger partial charge in [-0.3, -0.25) is 4.79 Å². The predicted molar refractivity (Wildman–Crippen MR) is 108 cm³/mol. The van der Waals surface area contributed by atoms with E-state index in [1.807, 2.05) is 11.0 Å². The third-order valence-electron chi connectivity index (χ3n) is 5.68. The lowest BCUT2D eigenvalue weighted by atomic mass is 9.89. The Kier molecular flexibility index (Phi) is 4.88. The summed E-state index contributed by atoms with van der Waals surface area (Å²) in [6.07, 6.45) is 4.63. The van der Waals surface area contributed by atoms with Crippen LogP contribution in [0.1, 0.15) is 35.4 Å². The first kappa shape index (κ1) is 17.7. The Hall–Kier alpha value is -2.75. The maximum absolute atomic E-state index is 12.6. The molecular formula is C23H26N2O2. The number of benzene rings is 2. The molecule has 2 heterocycles. The van der Waals surface area contributed by atoms with Crippen molar-refractivity contribution >= 4 is 16.8 Å². The minimum atomic E-state index is 0.234. The van der Waals surface area contributed by atoms with E-state index in [0.717, 1.165) is 42.8 Å². The first-order valence-corrected chi connectivity index (χ1v) is 9.62. The van der Waals surface area contributed by atoms with E-state index >= 15 is 0 Å². The van der Waals surface area contributed by atoms with Crippen LogP contribution in [0.5, 0.6) is 5.75 Å². The highest BCUT2D eigenvalue weighted by atomic mass is 16.5. The van der Waals surface area contributed by atoms with Crippen LogP contribution in [0.25, 0.3) is 10.9 Å². The maximum Gasteiger partial charge on any atom is 0.226 e. The van der Waals surface area contributed by atoms with Crippen molar-refractivity contribution in [3.05, 3.63) is 65.4 Å². The minimum Gasteiger partial charge on any atom is -0.497 e. The number of H-pyrrole nitrogens is 1. The summed E-state index contributed by atoms with van der Waals surface area (Å²) < 4.78 is 5.38. The largest absolute Gasteiger partial charge is 0.497 e. The van der Waals surface area contributed by atoms with Crippen molar-refractivity contribution in [3.63, 3.8) is 0 Å². The second-order valence-electron chi connectivity index (χ2n) is 7.47. The van der Waals surface area contributed by atoms with Gasteiger partial charge in [0.1, 0.15) is 5.75 Å². The Bertz CT molecular complexity index is 935. The topological polar surface area (TPSA) is 45.3 Å². The lowest BCUT2D eigenvalue weighted by Gasteiger charge is -2.32. The first-order chi connectivity index (χ1) is 13.1. The Morgan fingerprint density at radius 1 is 1.15 bits per heavy atom. The number of aromatic nitrogens is 1. The summed E-state index contributed by atoms with van der Waals surface area (Å²) in [5, 5.41) is 1.23. The number of nitrogens with one attached hydrogen (secondary N) is 1. The van der Waals surface area contributed by atoms with Gasteiger partial charge in [-0.1, -0.05) is 29.8 Å². The number of aromatic amines is 1. The summed E-state index contributed by atoms with van der Waals surface area (Å²) in [5.41, 5.74) is 4.80. The SMILES string of the molecule is COc1ccc2[nH]cc(C3CCN(C(=O)Cc4ccc(C)cc4)CC3)c2c1. The van der Waals surface area contributed by atoms with E-state index in [2.05, 4.69) is 54.5 Å². The summed E-state index contributed by atoms with van der Waals surface area (Å²) >= 11 is 0. The average Bonchev–Trinajstić information content (AvgIpc) is 3.13. The number of carbonyl (C=O) groups excluding carboxylic acids is 1. The van der Waals surface area contributed by atoms with Gasteiger partial charge in [0.15, 0.2) is 0 Å². The fraction of sp³-hybridized carbons (Fsp3) is 0.348. The number of methoxy groups -OCH3 is 1. The van der Waals surface area contributed by atoms with Gasteiger partial charge < -0.3 is 14.6 Å². The molecule has 0 aliphatic carbocycles. The van der Waals surface area contributed by atoms with Crippen LogP contribution in [0.2, 0.25) is 0 Å². The van der Waals surface area contributed by atoms with Gasteiger partial charge in [-0.05, 0) is 55.0 Å². The number of piperidine rings is 1. The van der Waals surface area contributed by atoms with E-state index in [9.17, 15) is 4.79 Å². The number of ether oxygens (including phenoxy) is 1. The number of hydrogen-bond acceptors (Lipinski definition) is 2. The molecule has 0 spiro atoms. The molecule has 2 aromatic carbocycles. The lowest BCUT2D eigenvalue weighted by Crippen LogP contribution is -2.38. The van der Waals surface area contributed by atoms with Crippen molar-refractivity contribution in [1.82, 2.24) is 9.88 Å². The van der Waals surface area contributed by atoms with Crippen LogP contribution in [0.3, 0.4) is 0 Å². The predicted octanol–water partition coefficient (Wildman–Crippen LogP) is 4.43. The van der Waals surface area contributed by atoms with E-state index in [0.29, 0.717) is 12.3 Å². The third-order valence-corrected chi connectivity index (χ3v) is 5.68. The molecule has 1 N–H and O–H groups in total. The molecule has 4 heteroatoms. The van der Waals surface area contributed by atoms with Gasteiger partial charge in [0, 0.05) is 30.2 Å². The highest BCUT2D eigenvalue weighted by Crippen LogP contribution is 2.34. The summed E-state index contributed by atoms with van der Waals surface area (Å²) in [6.45, 7) is 3.72. The fourth-order valence-electron chi connectivity index (χ4n) is 4.02. The Balaban J connectivity index is 1.41. The van der Waals surface area contributed by atoms with E-state index in [1.165, 1.54) is 16.5 Å². The van der Waals surface area contributed by atoms with Crippen LogP contribution < -0.4 is 4.74 Å². The average molecular weight is 362 g/mol. The van der Waals surface area contributed by atoms with Crippen LogP contribution >= 0.6 is 0 Å². The Morgan fingerprint density at radius 3 is 2.59 bits per heavy atom. The number of likely N-dealkylation sites (tertiary alicyclic amines) is 1. The number of fused-ring (bicyclic) bond motifs is 1. The number of hydrogen-bond donors (Lipinski definition) is 1. The van der Waals surface area contributed by atoms with Crippen LogP contribution in [0.15, 0.2) is 48.7 Å². The van der Waals surface area contributed by atoms with Gasteiger partial charge >= 0.3 is 0 Å². The third kappa shape index (κ3) is 3.70. The number of carbonyl (C=O) groups is 1. The van der Waals surface area contributed by atoms with Gasteiger partial charge in [0.2, 0.25) is 5.91 Å². The molecule has 140 valence electrons. The molecule has 27 heavy (non-hydrogen) atoms. The molecule has 1 saturated heterocycles. The molecule has 1 aromatic heterocycles. The van der Waals surface area contributed by atoms with Gasteiger partial charge in [-0.25, -0.2) is 0 Å². The van der Waals surface area contributed by atoms with Crippen LogP contribution in [-0.2, 0) is 11.2 Å². The van der Waals surface area contributed by atoms with Gasteiger partial charge in [0.25, 0.3) is 0 Å². The fourth-order valence-corrected chi connectivity index (χ4v) is 4.02. The van der Waals surface area contributed by atoms with Gasteiger partial charge in [-0.15, -0.1) is 0 Å². The van der Waals surface area contributed by atoms with Crippen molar-refractivity contribution in [2.24, 2.45) is 0 Å². The van der Waals surface area contributed by atoms with Crippen molar-refractivity contribution in [3.8, 4) is 5.75 Å². The molecule has 0 saturated carbocycles. The number of aryl methyl sites for hydroxylation is 1. The smallest absolute Gasteiger partial charge is 0.226 e. The maximum atomic E-state index is 12.6. The second-order valence-corrected chi connectivity index (χ2v) is 7.47. The molecule has 1 aliphatic heterocycles. The molecule has 0 atom stereocenters. The quantitative estimate of drug-likeness (QED) is 0.746. The van der Waals surface area contributed by atoms with E-state index in [1.54, 1.807) is 7.11 Å². The zero-order valence-corrected chi connectivity index (χ0v) is 16.0. The molecule has 1 fully saturated rings. The summed E-state index contributed by atoms with van der Waals surface area (Å²) in [6, 6.07) is 14.4. The van der Waals surface area contributed by atoms with Crippen molar-refractivity contribution in [1.29, 1.82) is 0 Å². The standard InChI is InChI=1S/C23H26N2O2/c1-16-3-5-17(6-4-16)13-23(26)25-11-9-18(10-12-25)21-15-24-22-8-7-19(27-2)14-20(21)22/h3-8,14-15,18,24H,9-13H2,1-2H3. The lowest BCUT2D eigenvalue weighted by molar-refractivity contribution is -0.131. The second kappa shape index (κ2) is 7.47. The van der Waals surface area contributed by atoms with Crippen molar-refractivity contribution in [2.45, 2.75) is 32.1 Å². The molecular weight excluding hydrogens is 336 g/mol. The molecule has 4 rings (SSSR count). The van der Waals surface area contributed by atoms with Crippen LogP contribution in [-0.4, -0.2) is 36.0 Å². The van der Waals surface area contributed by atoms with Gasteiger partial charge in [-0.2, -0.15) is 0 Å². The number of amides is 1. The van der Waals surface area contributed by atoms with E-state index in [-0.39, 0.29) is 5.91 Å². The number of rotatable bonds is 4. The molecule has 0 unspecified atom stereocenters. The van der Waals surface area contributed by atoms with Gasteiger partial charge in [0.05, 0.1) is 13.5 Å². The zero-order chi connectivity index (χ0) is 18.8.